The van der Waals surface area contributed by atoms with E-state index < -0.39 is 18.2 Å². The Kier molecular flexibility index (Phi) is 3.11. The van der Waals surface area contributed by atoms with Crippen LogP contribution in [0.25, 0.3) is 10.9 Å². The number of benzene rings is 1. The Balaban J connectivity index is 1.73. The van der Waals surface area contributed by atoms with Gasteiger partial charge in [0.1, 0.15) is 6.10 Å². The first kappa shape index (κ1) is 12.6. The summed E-state index contributed by atoms with van der Waals surface area (Å²) in [5.74, 6) is -1.36. The van der Waals surface area contributed by atoms with Gasteiger partial charge in [-0.05, 0) is 25.0 Å². The molecule has 2 aromatic rings. The molecule has 2 heterocycles. The van der Waals surface area contributed by atoms with E-state index >= 15 is 0 Å². The lowest BCUT2D eigenvalue weighted by Gasteiger charge is -2.12. The second-order valence-electron chi connectivity index (χ2n) is 4.66. The van der Waals surface area contributed by atoms with Crippen LogP contribution in [-0.2, 0) is 14.3 Å². The predicted octanol–water partition coefficient (Wildman–Crippen LogP) is 1.13. The summed E-state index contributed by atoms with van der Waals surface area (Å²) in [6, 6.07) is 5.41. The third kappa shape index (κ3) is 2.23. The van der Waals surface area contributed by atoms with E-state index in [0.717, 1.165) is 10.9 Å². The van der Waals surface area contributed by atoms with Gasteiger partial charge in [0.2, 0.25) is 0 Å². The first-order valence-electron chi connectivity index (χ1n) is 6.26. The van der Waals surface area contributed by atoms with Gasteiger partial charge in [-0.2, -0.15) is 5.10 Å². The van der Waals surface area contributed by atoms with Crippen LogP contribution in [0.15, 0.2) is 24.4 Å². The molecule has 104 valence electrons. The number of hydrogen-bond donors (Lipinski definition) is 3. The molecule has 7 nitrogen and oxygen atoms in total. The van der Waals surface area contributed by atoms with Gasteiger partial charge >= 0.3 is 5.97 Å². The van der Waals surface area contributed by atoms with Crippen LogP contribution in [0.3, 0.4) is 0 Å². The molecular weight excluding hydrogens is 262 g/mol. The smallest absolute Gasteiger partial charge is 0.332 e. The highest BCUT2D eigenvalue weighted by molar-refractivity contribution is 6.02. The number of hydrogen-bond acceptors (Lipinski definition) is 4. The molecule has 1 fully saturated rings. The van der Waals surface area contributed by atoms with Crippen LogP contribution in [0.2, 0.25) is 0 Å². The fourth-order valence-corrected chi connectivity index (χ4v) is 2.30. The van der Waals surface area contributed by atoms with Gasteiger partial charge < -0.3 is 15.2 Å². The molecule has 20 heavy (non-hydrogen) atoms. The highest BCUT2D eigenvalue weighted by Crippen LogP contribution is 2.24. The molecule has 0 spiro atoms. The highest BCUT2D eigenvalue weighted by atomic mass is 16.5. The third-order valence-electron chi connectivity index (χ3n) is 3.33. The van der Waals surface area contributed by atoms with Crippen molar-refractivity contribution in [3.8, 4) is 0 Å². The van der Waals surface area contributed by atoms with Crippen LogP contribution >= 0.6 is 0 Å². The lowest BCUT2D eigenvalue weighted by atomic mass is 10.1. The third-order valence-corrected chi connectivity index (χ3v) is 3.33. The molecule has 1 aliphatic heterocycles. The zero-order chi connectivity index (χ0) is 14.1. The summed E-state index contributed by atoms with van der Waals surface area (Å²) in [5.41, 5.74) is 1.45. The Hall–Kier alpha value is -2.41. The maximum atomic E-state index is 12.1. The van der Waals surface area contributed by atoms with Crippen LogP contribution in [0.4, 0.5) is 5.69 Å². The molecule has 0 radical (unpaired) electrons. The van der Waals surface area contributed by atoms with Crippen LogP contribution in [-0.4, -0.2) is 39.4 Å². The SMILES string of the molecule is O=C(Nc1cccc2[nH]ncc12)[C@@H]1CC[C@H](C(=O)O)O1. The number of rotatable bonds is 3. The minimum atomic E-state index is -1.03. The van der Waals surface area contributed by atoms with E-state index in [2.05, 4.69) is 15.5 Å². The number of H-pyrrole nitrogens is 1. The van der Waals surface area contributed by atoms with Crippen molar-refractivity contribution in [1.29, 1.82) is 0 Å². The molecule has 7 heteroatoms. The number of aliphatic carboxylic acids is 1. The molecule has 1 aromatic heterocycles. The molecule has 0 aliphatic carbocycles. The molecular formula is C13H13N3O4. The van der Waals surface area contributed by atoms with E-state index in [1.165, 1.54) is 0 Å². The molecule has 3 rings (SSSR count). The normalized spacial score (nSPS) is 22.0. The number of carboxylic acids is 1. The first-order chi connectivity index (χ1) is 9.65. The predicted molar refractivity (Wildman–Crippen MR) is 70.3 cm³/mol. The summed E-state index contributed by atoms with van der Waals surface area (Å²) >= 11 is 0. The van der Waals surface area contributed by atoms with Crippen molar-refractivity contribution in [2.75, 3.05) is 5.32 Å². The Labute approximate surface area is 113 Å². The van der Waals surface area contributed by atoms with Crippen molar-refractivity contribution < 1.29 is 19.4 Å². The molecule has 1 aromatic carbocycles. The van der Waals surface area contributed by atoms with Gasteiger partial charge in [-0.1, -0.05) is 6.07 Å². The van der Waals surface area contributed by atoms with Crippen molar-refractivity contribution in [3.05, 3.63) is 24.4 Å². The summed E-state index contributed by atoms with van der Waals surface area (Å²) in [4.78, 5) is 22.9. The summed E-state index contributed by atoms with van der Waals surface area (Å²) in [7, 11) is 0. The Morgan fingerprint density at radius 1 is 1.35 bits per heavy atom. The maximum absolute atomic E-state index is 12.1. The summed E-state index contributed by atoms with van der Waals surface area (Å²) in [6.45, 7) is 0. The van der Waals surface area contributed by atoms with Crippen molar-refractivity contribution in [2.45, 2.75) is 25.0 Å². The zero-order valence-electron chi connectivity index (χ0n) is 10.5. The number of anilines is 1. The van der Waals surface area contributed by atoms with Crippen LogP contribution in [0, 0.1) is 0 Å². The molecule has 1 aliphatic rings. The lowest BCUT2D eigenvalue weighted by molar-refractivity contribution is -0.150. The minimum Gasteiger partial charge on any atom is -0.479 e. The van der Waals surface area contributed by atoms with E-state index in [1.54, 1.807) is 18.3 Å². The molecule has 0 bridgehead atoms. The number of aromatic nitrogens is 2. The highest BCUT2D eigenvalue weighted by Gasteiger charge is 2.34. The van der Waals surface area contributed by atoms with Gasteiger partial charge in [0.25, 0.3) is 5.91 Å². The van der Waals surface area contributed by atoms with Gasteiger partial charge in [-0.3, -0.25) is 9.89 Å². The van der Waals surface area contributed by atoms with E-state index in [4.69, 9.17) is 9.84 Å². The van der Waals surface area contributed by atoms with Crippen molar-refractivity contribution >= 4 is 28.5 Å². The Morgan fingerprint density at radius 2 is 2.15 bits per heavy atom. The first-order valence-corrected chi connectivity index (χ1v) is 6.26. The molecule has 1 amide bonds. The lowest BCUT2D eigenvalue weighted by Crippen LogP contribution is -2.29. The number of nitrogens with zero attached hydrogens (tertiary/aromatic N) is 1. The molecule has 0 saturated carbocycles. The Bertz CT molecular complexity index is 666. The number of ether oxygens (including phenoxy) is 1. The molecule has 0 unspecified atom stereocenters. The maximum Gasteiger partial charge on any atom is 0.332 e. The van der Waals surface area contributed by atoms with Crippen molar-refractivity contribution in [1.82, 2.24) is 10.2 Å². The molecule has 3 N–H and O–H groups in total. The average molecular weight is 275 g/mol. The zero-order valence-corrected chi connectivity index (χ0v) is 10.5. The number of carbonyl (C=O) groups excluding carboxylic acids is 1. The Morgan fingerprint density at radius 3 is 2.90 bits per heavy atom. The minimum absolute atomic E-state index is 0.331. The standard InChI is InChI=1S/C13H13N3O4/c17-12(10-4-5-11(20-10)13(18)19)15-8-2-1-3-9-7(8)6-14-16-9/h1-3,6,10-11H,4-5H2,(H,14,16)(H,15,17)(H,18,19)/t10-,11+/m0/s1. The number of nitrogens with one attached hydrogen (secondary N) is 2. The quantitative estimate of drug-likeness (QED) is 0.779. The van der Waals surface area contributed by atoms with E-state index in [9.17, 15) is 9.59 Å². The monoisotopic (exact) mass is 275 g/mol. The van der Waals surface area contributed by atoms with Crippen molar-refractivity contribution in [2.24, 2.45) is 0 Å². The molecule has 1 saturated heterocycles. The van der Waals surface area contributed by atoms with E-state index in [0.29, 0.717) is 18.5 Å². The fraction of sp³-hybridized carbons (Fsp3) is 0.308. The summed E-state index contributed by atoms with van der Waals surface area (Å²) in [5, 5.41) is 19.1. The fourth-order valence-electron chi connectivity index (χ4n) is 2.30. The van der Waals surface area contributed by atoms with E-state index in [1.807, 2.05) is 6.07 Å². The molecule has 2 atom stereocenters. The second kappa shape index (κ2) is 4.93. The van der Waals surface area contributed by atoms with Crippen LogP contribution in [0.5, 0.6) is 0 Å². The number of carbonyl (C=O) groups is 2. The van der Waals surface area contributed by atoms with Gasteiger partial charge in [0, 0.05) is 5.39 Å². The average Bonchev–Trinajstić information content (AvgIpc) is 3.08. The second-order valence-corrected chi connectivity index (χ2v) is 4.66. The van der Waals surface area contributed by atoms with Gasteiger partial charge in [-0.15, -0.1) is 0 Å². The van der Waals surface area contributed by atoms with Crippen molar-refractivity contribution in [3.63, 3.8) is 0 Å². The summed E-state index contributed by atoms with van der Waals surface area (Å²) < 4.78 is 5.22. The summed E-state index contributed by atoms with van der Waals surface area (Å²) in [6.07, 6.45) is 0.766. The largest absolute Gasteiger partial charge is 0.479 e. The van der Waals surface area contributed by atoms with Gasteiger partial charge in [0.15, 0.2) is 6.10 Å². The van der Waals surface area contributed by atoms with Crippen LogP contribution in [0.1, 0.15) is 12.8 Å². The number of aromatic amines is 1. The van der Waals surface area contributed by atoms with Crippen LogP contribution < -0.4 is 5.32 Å². The van der Waals surface area contributed by atoms with E-state index in [-0.39, 0.29) is 5.91 Å². The number of fused-ring (bicyclic) bond motifs is 1. The number of amides is 1. The van der Waals surface area contributed by atoms with Gasteiger partial charge in [0.05, 0.1) is 17.4 Å². The number of carboxylic acid groups (broad SMARTS) is 1. The van der Waals surface area contributed by atoms with Gasteiger partial charge in [-0.25, -0.2) is 4.79 Å². The topological polar surface area (TPSA) is 104 Å².